The quantitative estimate of drug-likeness (QED) is 0.831. The zero-order chi connectivity index (χ0) is 13.3. The van der Waals surface area contributed by atoms with E-state index in [0.717, 1.165) is 13.1 Å². The first-order valence-electron chi connectivity index (χ1n) is 5.87. The molecule has 1 aliphatic rings. The lowest BCUT2D eigenvalue weighted by molar-refractivity contribution is 0.170. The van der Waals surface area contributed by atoms with E-state index in [1.165, 1.54) is 6.07 Å². The van der Waals surface area contributed by atoms with Crippen LogP contribution in [0.4, 0.5) is 0 Å². The Morgan fingerprint density at radius 2 is 2.06 bits per heavy atom. The molecular formula is C12H17ClN2O2S. The maximum atomic E-state index is 12.5. The molecule has 1 heterocycles. The highest BCUT2D eigenvalue weighted by molar-refractivity contribution is 7.89. The van der Waals surface area contributed by atoms with Crippen molar-refractivity contribution in [2.24, 2.45) is 0 Å². The number of hydrogen-bond donors (Lipinski definition) is 0. The van der Waals surface area contributed by atoms with E-state index in [0.29, 0.717) is 11.6 Å². The standard InChI is InChI=1S/C12H17ClN2O2S/c1-10-9-14(2)6-7-15(10)18(16,17)12-5-3-4-11(13)8-12/h3-5,8,10H,6-7,9H2,1-2H3. The molecule has 18 heavy (non-hydrogen) atoms. The number of nitrogens with zero attached hydrogens (tertiary/aromatic N) is 2. The van der Waals surface area contributed by atoms with Crippen molar-refractivity contribution in [2.45, 2.75) is 17.9 Å². The topological polar surface area (TPSA) is 40.6 Å². The molecule has 0 amide bonds. The van der Waals surface area contributed by atoms with E-state index in [-0.39, 0.29) is 10.9 Å². The van der Waals surface area contributed by atoms with E-state index in [4.69, 9.17) is 11.6 Å². The van der Waals surface area contributed by atoms with Gasteiger partial charge in [0.15, 0.2) is 0 Å². The van der Waals surface area contributed by atoms with Crippen LogP contribution in [0, 0.1) is 0 Å². The van der Waals surface area contributed by atoms with Crippen LogP contribution in [0.15, 0.2) is 29.2 Å². The molecule has 1 fully saturated rings. The number of hydrogen-bond acceptors (Lipinski definition) is 3. The van der Waals surface area contributed by atoms with Gasteiger partial charge in [-0.15, -0.1) is 0 Å². The molecular weight excluding hydrogens is 272 g/mol. The molecule has 1 unspecified atom stereocenters. The first kappa shape index (κ1) is 13.8. The van der Waals surface area contributed by atoms with E-state index in [1.807, 2.05) is 14.0 Å². The minimum Gasteiger partial charge on any atom is -0.303 e. The summed E-state index contributed by atoms with van der Waals surface area (Å²) in [5, 5.41) is 0.442. The second kappa shape index (κ2) is 5.17. The maximum Gasteiger partial charge on any atom is 0.243 e. The lowest BCUT2D eigenvalue weighted by Crippen LogP contribution is -2.52. The number of rotatable bonds is 2. The fourth-order valence-corrected chi connectivity index (χ4v) is 4.16. The highest BCUT2D eigenvalue weighted by atomic mass is 35.5. The maximum absolute atomic E-state index is 12.5. The third-order valence-electron chi connectivity index (χ3n) is 3.17. The van der Waals surface area contributed by atoms with Crippen LogP contribution in [0.5, 0.6) is 0 Å². The first-order chi connectivity index (χ1) is 8.41. The van der Waals surface area contributed by atoms with E-state index in [9.17, 15) is 8.42 Å². The molecule has 0 saturated carbocycles. The molecule has 0 N–H and O–H groups in total. The summed E-state index contributed by atoms with van der Waals surface area (Å²) in [6.07, 6.45) is 0. The van der Waals surface area contributed by atoms with Gasteiger partial charge in [-0.1, -0.05) is 17.7 Å². The molecule has 0 radical (unpaired) electrons. The van der Waals surface area contributed by atoms with Crippen molar-refractivity contribution in [3.05, 3.63) is 29.3 Å². The van der Waals surface area contributed by atoms with E-state index < -0.39 is 10.0 Å². The number of sulfonamides is 1. The zero-order valence-electron chi connectivity index (χ0n) is 10.5. The molecule has 0 spiro atoms. The molecule has 6 heteroatoms. The molecule has 0 bridgehead atoms. The summed E-state index contributed by atoms with van der Waals surface area (Å²) in [7, 11) is -1.44. The average Bonchev–Trinajstić information content (AvgIpc) is 2.28. The number of halogens is 1. The normalized spacial score (nSPS) is 23.2. The number of benzene rings is 1. The molecule has 1 aromatic carbocycles. The summed E-state index contributed by atoms with van der Waals surface area (Å²) < 4.78 is 26.6. The second-order valence-electron chi connectivity index (χ2n) is 4.68. The lowest BCUT2D eigenvalue weighted by Gasteiger charge is -2.37. The van der Waals surface area contributed by atoms with Crippen molar-refractivity contribution in [2.75, 3.05) is 26.7 Å². The van der Waals surface area contributed by atoms with Crippen molar-refractivity contribution in [3.8, 4) is 0 Å². The summed E-state index contributed by atoms with van der Waals surface area (Å²) in [6, 6.07) is 6.41. The van der Waals surface area contributed by atoms with Crippen LogP contribution >= 0.6 is 11.6 Å². The van der Waals surface area contributed by atoms with Crippen LogP contribution in [0.25, 0.3) is 0 Å². The molecule has 1 saturated heterocycles. The Morgan fingerprint density at radius 3 is 2.67 bits per heavy atom. The largest absolute Gasteiger partial charge is 0.303 e. The van der Waals surface area contributed by atoms with Crippen LogP contribution in [0.3, 0.4) is 0 Å². The summed E-state index contributed by atoms with van der Waals surface area (Å²) in [6.45, 7) is 3.95. The van der Waals surface area contributed by atoms with Gasteiger partial charge in [0, 0.05) is 30.7 Å². The SMILES string of the molecule is CC1CN(C)CCN1S(=O)(=O)c1cccc(Cl)c1. The Kier molecular flexibility index (Phi) is 3.96. The first-order valence-corrected chi connectivity index (χ1v) is 7.69. The molecule has 4 nitrogen and oxygen atoms in total. The van der Waals surface area contributed by atoms with Crippen molar-refractivity contribution >= 4 is 21.6 Å². The average molecular weight is 289 g/mol. The Bertz CT molecular complexity index is 533. The summed E-state index contributed by atoms with van der Waals surface area (Å²) in [4.78, 5) is 2.40. The fourth-order valence-electron chi connectivity index (χ4n) is 2.24. The molecule has 2 rings (SSSR count). The smallest absolute Gasteiger partial charge is 0.243 e. The van der Waals surface area contributed by atoms with Crippen LogP contribution in [0.2, 0.25) is 5.02 Å². The van der Waals surface area contributed by atoms with Gasteiger partial charge in [0.2, 0.25) is 10.0 Å². The number of likely N-dealkylation sites (N-methyl/N-ethyl adjacent to an activating group) is 1. The highest BCUT2D eigenvalue weighted by Gasteiger charge is 2.32. The molecule has 0 aliphatic carbocycles. The molecule has 100 valence electrons. The van der Waals surface area contributed by atoms with Crippen molar-refractivity contribution in [1.82, 2.24) is 9.21 Å². The zero-order valence-corrected chi connectivity index (χ0v) is 12.1. The Balaban J connectivity index is 2.31. The van der Waals surface area contributed by atoms with E-state index in [1.54, 1.807) is 22.5 Å². The summed E-state index contributed by atoms with van der Waals surface area (Å²) in [5.74, 6) is 0. The predicted octanol–water partition coefficient (Wildman–Crippen LogP) is 1.66. The molecule has 1 aliphatic heterocycles. The Morgan fingerprint density at radius 1 is 1.33 bits per heavy atom. The third kappa shape index (κ3) is 2.69. The van der Waals surface area contributed by atoms with Crippen LogP contribution in [-0.2, 0) is 10.0 Å². The van der Waals surface area contributed by atoms with E-state index >= 15 is 0 Å². The lowest BCUT2D eigenvalue weighted by atomic mass is 10.2. The van der Waals surface area contributed by atoms with Gasteiger partial charge in [-0.3, -0.25) is 0 Å². The van der Waals surface area contributed by atoms with Crippen molar-refractivity contribution < 1.29 is 8.42 Å². The highest BCUT2D eigenvalue weighted by Crippen LogP contribution is 2.23. The third-order valence-corrected chi connectivity index (χ3v) is 5.42. The van der Waals surface area contributed by atoms with Crippen molar-refractivity contribution in [1.29, 1.82) is 0 Å². The molecule has 0 aromatic heterocycles. The van der Waals surface area contributed by atoms with Gasteiger partial charge in [0.1, 0.15) is 0 Å². The van der Waals surface area contributed by atoms with Gasteiger partial charge in [-0.05, 0) is 32.2 Å². The molecule has 1 atom stereocenters. The van der Waals surface area contributed by atoms with Gasteiger partial charge >= 0.3 is 0 Å². The predicted molar refractivity (Wildman–Crippen MR) is 72.3 cm³/mol. The second-order valence-corrected chi connectivity index (χ2v) is 7.01. The Hall–Kier alpha value is -0.620. The molecule has 1 aromatic rings. The van der Waals surface area contributed by atoms with Crippen LogP contribution < -0.4 is 0 Å². The van der Waals surface area contributed by atoms with Gasteiger partial charge in [0.05, 0.1) is 4.90 Å². The summed E-state index contributed by atoms with van der Waals surface area (Å²) >= 11 is 5.86. The van der Waals surface area contributed by atoms with Gasteiger partial charge < -0.3 is 4.90 Å². The monoisotopic (exact) mass is 288 g/mol. The van der Waals surface area contributed by atoms with Gasteiger partial charge in [0.25, 0.3) is 0 Å². The van der Waals surface area contributed by atoms with E-state index in [2.05, 4.69) is 4.90 Å². The van der Waals surface area contributed by atoms with Crippen LogP contribution in [-0.4, -0.2) is 50.3 Å². The van der Waals surface area contributed by atoms with Gasteiger partial charge in [-0.25, -0.2) is 8.42 Å². The minimum atomic E-state index is -3.43. The van der Waals surface area contributed by atoms with Crippen LogP contribution in [0.1, 0.15) is 6.92 Å². The Labute approximate surface area is 113 Å². The number of piperazine rings is 1. The van der Waals surface area contributed by atoms with Crippen molar-refractivity contribution in [3.63, 3.8) is 0 Å². The van der Waals surface area contributed by atoms with Gasteiger partial charge in [-0.2, -0.15) is 4.31 Å². The fraction of sp³-hybridized carbons (Fsp3) is 0.500. The minimum absolute atomic E-state index is 0.0206. The summed E-state index contributed by atoms with van der Waals surface area (Å²) in [5.41, 5.74) is 0.